The fraction of sp³-hybridized carbons (Fsp3) is 0.357. The topological polar surface area (TPSA) is 32.9 Å². The van der Waals surface area contributed by atoms with Crippen LogP contribution in [-0.4, -0.2) is 10.8 Å². The molecule has 0 aliphatic heterocycles. The zero-order valence-corrected chi connectivity index (χ0v) is 9.63. The highest BCUT2D eigenvalue weighted by Crippen LogP contribution is 2.31. The van der Waals surface area contributed by atoms with Crippen molar-refractivity contribution < 1.29 is 4.79 Å². The third-order valence-corrected chi connectivity index (χ3v) is 3.58. The molecule has 2 heteroatoms. The Balaban J connectivity index is 2.31. The number of H-pyrrole nitrogens is 1. The van der Waals surface area contributed by atoms with E-state index in [0.29, 0.717) is 0 Å². The molecule has 1 atom stereocenters. The molecule has 0 bridgehead atoms. The molecule has 0 amide bonds. The second kappa shape index (κ2) is 3.21. The van der Waals surface area contributed by atoms with Gasteiger partial charge < -0.3 is 4.98 Å². The SMILES string of the molecule is Cc1ccc2[nH]c3c(c2c1)CCC(C)C3=O. The van der Waals surface area contributed by atoms with Crippen LogP contribution < -0.4 is 0 Å². The lowest BCUT2D eigenvalue weighted by atomic mass is 9.87. The van der Waals surface area contributed by atoms with E-state index in [0.717, 1.165) is 24.1 Å². The van der Waals surface area contributed by atoms with E-state index in [2.05, 4.69) is 30.1 Å². The number of nitrogens with one attached hydrogen (secondary N) is 1. The summed E-state index contributed by atoms with van der Waals surface area (Å²) in [5.41, 5.74) is 4.42. The highest BCUT2D eigenvalue weighted by molar-refractivity contribution is 6.04. The molecule has 3 rings (SSSR count). The first kappa shape index (κ1) is 9.64. The first-order valence-electron chi connectivity index (χ1n) is 5.82. The number of Topliss-reactive ketones (excluding diaryl/α,β-unsaturated/α-hetero) is 1. The fourth-order valence-electron chi connectivity index (χ4n) is 2.57. The number of benzene rings is 1. The molecule has 1 aromatic carbocycles. The molecule has 16 heavy (non-hydrogen) atoms. The highest BCUT2D eigenvalue weighted by atomic mass is 16.1. The van der Waals surface area contributed by atoms with Gasteiger partial charge in [-0.25, -0.2) is 0 Å². The van der Waals surface area contributed by atoms with E-state index >= 15 is 0 Å². The van der Waals surface area contributed by atoms with Crippen LogP contribution in [0.15, 0.2) is 18.2 Å². The summed E-state index contributed by atoms with van der Waals surface area (Å²) >= 11 is 0. The highest BCUT2D eigenvalue weighted by Gasteiger charge is 2.27. The van der Waals surface area contributed by atoms with E-state index in [4.69, 9.17) is 0 Å². The van der Waals surface area contributed by atoms with Gasteiger partial charge in [0.05, 0.1) is 5.69 Å². The maximum absolute atomic E-state index is 12.0. The lowest BCUT2D eigenvalue weighted by Crippen LogP contribution is -2.19. The minimum Gasteiger partial charge on any atom is -0.352 e. The zero-order valence-electron chi connectivity index (χ0n) is 9.63. The number of aryl methyl sites for hydroxylation is 2. The second-order valence-corrected chi connectivity index (χ2v) is 4.83. The minimum atomic E-state index is 0.168. The van der Waals surface area contributed by atoms with Crippen LogP contribution in [0, 0.1) is 12.8 Å². The quantitative estimate of drug-likeness (QED) is 0.716. The number of hydrogen-bond donors (Lipinski definition) is 1. The molecule has 1 aliphatic rings. The molecule has 0 radical (unpaired) electrons. The van der Waals surface area contributed by atoms with Gasteiger partial charge in [0, 0.05) is 16.8 Å². The summed E-state index contributed by atoms with van der Waals surface area (Å²) in [5.74, 6) is 0.441. The lowest BCUT2D eigenvalue weighted by molar-refractivity contribution is 0.0909. The molecule has 1 N–H and O–H groups in total. The molecule has 0 spiro atoms. The standard InChI is InChI=1S/C14H15NO/c1-8-3-6-12-11(7-8)10-5-4-9(2)14(16)13(10)15-12/h3,6-7,9,15H,4-5H2,1-2H3. The Morgan fingerprint density at radius 2 is 2.19 bits per heavy atom. The van der Waals surface area contributed by atoms with Crippen LogP contribution in [0.5, 0.6) is 0 Å². The Labute approximate surface area is 94.7 Å². The fourth-order valence-corrected chi connectivity index (χ4v) is 2.57. The third kappa shape index (κ3) is 1.22. The van der Waals surface area contributed by atoms with Crippen LogP contribution in [-0.2, 0) is 6.42 Å². The number of hydrogen-bond acceptors (Lipinski definition) is 1. The first-order chi connectivity index (χ1) is 7.66. The predicted molar refractivity (Wildman–Crippen MR) is 64.9 cm³/mol. The number of rotatable bonds is 0. The molecule has 82 valence electrons. The molecule has 2 aromatic rings. The summed E-state index contributed by atoms with van der Waals surface area (Å²) in [4.78, 5) is 15.3. The molecule has 1 aromatic heterocycles. The van der Waals surface area contributed by atoms with Crippen molar-refractivity contribution in [1.29, 1.82) is 0 Å². The summed E-state index contributed by atoms with van der Waals surface area (Å²) in [7, 11) is 0. The first-order valence-corrected chi connectivity index (χ1v) is 5.82. The Hall–Kier alpha value is -1.57. The van der Waals surface area contributed by atoms with E-state index in [1.807, 2.05) is 6.92 Å². The van der Waals surface area contributed by atoms with Crippen LogP contribution in [0.1, 0.15) is 35.0 Å². The van der Waals surface area contributed by atoms with E-state index in [-0.39, 0.29) is 11.7 Å². The minimum absolute atomic E-state index is 0.168. The van der Waals surface area contributed by atoms with Gasteiger partial charge in [-0.2, -0.15) is 0 Å². The molecule has 0 saturated heterocycles. The Bertz CT molecular complexity index is 580. The van der Waals surface area contributed by atoms with Gasteiger partial charge in [-0.1, -0.05) is 18.6 Å². The maximum Gasteiger partial charge on any atom is 0.182 e. The molecule has 1 aliphatic carbocycles. The van der Waals surface area contributed by atoms with E-state index in [9.17, 15) is 4.79 Å². The van der Waals surface area contributed by atoms with Crippen molar-refractivity contribution in [3.8, 4) is 0 Å². The predicted octanol–water partition coefficient (Wildman–Crippen LogP) is 3.24. The van der Waals surface area contributed by atoms with Crippen LogP contribution in [0.4, 0.5) is 0 Å². The summed E-state index contributed by atoms with van der Waals surface area (Å²) in [6, 6.07) is 6.33. The van der Waals surface area contributed by atoms with Gasteiger partial charge >= 0.3 is 0 Å². The van der Waals surface area contributed by atoms with Crippen LogP contribution >= 0.6 is 0 Å². The van der Waals surface area contributed by atoms with Crippen molar-refractivity contribution >= 4 is 16.7 Å². The summed E-state index contributed by atoms with van der Waals surface area (Å²) in [6.45, 7) is 4.11. The normalized spacial score (nSPS) is 20.1. The molecule has 2 nitrogen and oxygen atoms in total. The van der Waals surface area contributed by atoms with E-state index < -0.39 is 0 Å². The molecule has 0 saturated carbocycles. The molecule has 1 unspecified atom stereocenters. The monoisotopic (exact) mass is 213 g/mol. The van der Waals surface area contributed by atoms with Crippen molar-refractivity contribution in [3.63, 3.8) is 0 Å². The van der Waals surface area contributed by atoms with Gasteiger partial charge in [-0.3, -0.25) is 4.79 Å². The number of aromatic nitrogens is 1. The van der Waals surface area contributed by atoms with Gasteiger partial charge in [0.15, 0.2) is 5.78 Å². The van der Waals surface area contributed by atoms with E-state index in [1.54, 1.807) is 0 Å². The van der Waals surface area contributed by atoms with Crippen molar-refractivity contribution in [2.45, 2.75) is 26.7 Å². The number of fused-ring (bicyclic) bond motifs is 3. The van der Waals surface area contributed by atoms with Gasteiger partial charge in [0.1, 0.15) is 0 Å². The molecular weight excluding hydrogens is 198 g/mol. The van der Waals surface area contributed by atoms with Gasteiger partial charge in [0.25, 0.3) is 0 Å². The summed E-state index contributed by atoms with van der Waals surface area (Å²) in [5, 5.41) is 1.23. The molecule has 0 fully saturated rings. The van der Waals surface area contributed by atoms with Gasteiger partial charge in [-0.15, -0.1) is 0 Å². The number of carbonyl (C=O) groups excluding carboxylic acids is 1. The van der Waals surface area contributed by atoms with Crippen LogP contribution in [0.2, 0.25) is 0 Å². The van der Waals surface area contributed by atoms with E-state index in [1.165, 1.54) is 16.5 Å². The smallest absolute Gasteiger partial charge is 0.182 e. The van der Waals surface area contributed by atoms with Gasteiger partial charge in [-0.05, 0) is 37.5 Å². The van der Waals surface area contributed by atoms with Crippen LogP contribution in [0.3, 0.4) is 0 Å². The lowest BCUT2D eigenvalue weighted by Gasteiger charge is -2.16. The maximum atomic E-state index is 12.0. The van der Waals surface area contributed by atoms with Crippen molar-refractivity contribution in [2.75, 3.05) is 0 Å². The molecule has 1 heterocycles. The number of carbonyl (C=O) groups is 1. The van der Waals surface area contributed by atoms with Crippen molar-refractivity contribution in [3.05, 3.63) is 35.0 Å². The average molecular weight is 213 g/mol. The largest absolute Gasteiger partial charge is 0.352 e. The zero-order chi connectivity index (χ0) is 11.3. The average Bonchev–Trinajstić information content (AvgIpc) is 2.62. The molecular formula is C14H15NO. The van der Waals surface area contributed by atoms with Crippen molar-refractivity contribution in [1.82, 2.24) is 4.98 Å². The second-order valence-electron chi connectivity index (χ2n) is 4.83. The Kier molecular flexibility index (Phi) is 1.93. The van der Waals surface area contributed by atoms with Crippen LogP contribution in [0.25, 0.3) is 10.9 Å². The van der Waals surface area contributed by atoms with Crippen molar-refractivity contribution in [2.24, 2.45) is 5.92 Å². The number of aromatic amines is 1. The Morgan fingerprint density at radius 1 is 1.38 bits per heavy atom. The third-order valence-electron chi connectivity index (χ3n) is 3.58. The summed E-state index contributed by atoms with van der Waals surface area (Å²) < 4.78 is 0. The number of ketones is 1. The Morgan fingerprint density at radius 3 is 3.00 bits per heavy atom. The van der Waals surface area contributed by atoms with Gasteiger partial charge in [0.2, 0.25) is 0 Å². The summed E-state index contributed by atoms with van der Waals surface area (Å²) in [6.07, 6.45) is 2.00.